The van der Waals surface area contributed by atoms with E-state index in [0.717, 1.165) is 24.5 Å². The number of aliphatic imine (C=N–C) groups is 1. The molecule has 0 radical (unpaired) electrons. The first-order chi connectivity index (χ1) is 13.3. The summed E-state index contributed by atoms with van der Waals surface area (Å²) in [5.74, 6) is 1.12. The van der Waals surface area contributed by atoms with Crippen LogP contribution in [0, 0.1) is 6.92 Å². The van der Waals surface area contributed by atoms with Gasteiger partial charge in [0.05, 0.1) is 4.90 Å². The molecule has 1 unspecified atom stereocenters. The monoisotopic (exact) mass is 530 g/mol. The summed E-state index contributed by atoms with van der Waals surface area (Å²) in [6, 6.07) is 15.2. The van der Waals surface area contributed by atoms with Crippen molar-refractivity contribution in [1.82, 2.24) is 10.6 Å². The summed E-state index contributed by atoms with van der Waals surface area (Å²) in [6.07, 6.45) is 0.753. The highest BCUT2D eigenvalue weighted by atomic mass is 127. The molecule has 0 aromatic heterocycles. The Bertz CT molecular complexity index is 899. The number of rotatable bonds is 8. The van der Waals surface area contributed by atoms with Gasteiger partial charge in [0.15, 0.2) is 5.96 Å². The Kier molecular flexibility index (Phi) is 10.6. The molecule has 1 atom stereocenters. The van der Waals surface area contributed by atoms with E-state index >= 15 is 0 Å². The Morgan fingerprint density at radius 2 is 1.83 bits per heavy atom. The molecule has 0 saturated carbocycles. The van der Waals surface area contributed by atoms with Crippen molar-refractivity contribution < 1.29 is 8.42 Å². The second-order valence-corrected chi connectivity index (χ2v) is 8.46. The molecule has 0 spiro atoms. The van der Waals surface area contributed by atoms with Crippen LogP contribution in [0.15, 0.2) is 58.4 Å². The largest absolute Gasteiger partial charge is 0.357 e. The van der Waals surface area contributed by atoms with Crippen molar-refractivity contribution in [2.75, 3.05) is 19.6 Å². The summed E-state index contributed by atoms with van der Waals surface area (Å²) in [4.78, 5) is 4.82. The standard InChI is InChI=1S/C21H30N4O2S.HI/c1-4-23-21(25-15-17(3)19-7-5-6-16(2)14-19)24-13-12-18-8-10-20(11-9-18)28(22,26)27;/h5-11,14,17H,4,12-13,15H2,1-3H3,(H2,22,26,27)(H2,23,24,25);1H. The number of nitrogens with zero attached hydrogens (tertiary/aromatic N) is 1. The Balaban J connectivity index is 0.00000420. The molecule has 2 aromatic carbocycles. The number of sulfonamides is 1. The van der Waals surface area contributed by atoms with Gasteiger partial charge in [-0.1, -0.05) is 48.9 Å². The van der Waals surface area contributed by atoms with E-state index in [9.17, 15) is 8.42 Å². The summed E-state index contributed by atoms with van der Waals surface area (Å²) in [5.41, 5.74) is 3.57. The molecule has 160 valence electrons. The van der Waals surface area contributed by atoms with E-state index in [1.54, 1.807) is 12.1 Å². The Labute approximate surface area is 191 Å². The van der Waals surface area contributed by atoms with Gasteiger partial charge in [0.2, 0.25) is 10.0 Å². The van der Waals surface area contributed by atoms with Crippen molar-refractivity contribution in [3.8, 4) is 0 Å². The van der Waals surface area contributed by atoms with Crippen LogP contribution in [0.5, 0.6) is 0 Å². The van der Waals surface area contributed by atoms with Crippen molar-refractivity contribution in [2.45, 2.75) is 38.0 Å². The number of guanidine groups is 1. The minimum Gasteiger partial charge on any atom is -0.357 e. The highest BCUT2D eigenvalue weighted by Gasteiger charge is 2.08. The summed E-state index contributed by atoms with van der Waals surface area (Å²) >= 11 is 0. The third-order valence-electron chi connectivity index (χ3n) is 4.44. The normalized spacial score (nSPS) is 12.8. The summed E-state index contributed by atoms with van der Waals surface area (Å²) < 4.78 is 22.6. The van der Waals surface area contributed by atoms with Crippen LogP contribution in [-0.4, -0.2) is 34.0 Å². The van der Waals surface area contributed by atoms with E-state index in [1.165, 1.54) is 23.3 Å². The number of primary sulfonamides is 1. The average molecular weight is 530 g/mol. The van der Waals surface area contributed by atoms with Crippen molar-refractivity contribution in [3.63, 3.8) is 0 Å². The Morgan fingerprint density at radius 1 is 1.14 bits per heavy atom. The van der Waals surface area contributed by atoms with E-state index in [1.807, 2.05) is 6.92 Å². The minimum atomic E-state index is -3.65. The number of halogens is 1. The van der Waals surface area contributed by atoms with Crippen LogP contribution in [0.4, 0.5) is 0 Å². The van der Waals surface area contributed by atoms with E-state index < -0.39 is 10.0 Å². The van der Waals surface area contributed by atoms with Crippen molar-refractivity contribution in [2.24, 2.45) is 10.1 Å². The predicted octanol–water partition coefficient (Wildman–Crippen LogP) is 3.16. The van der Waals surface area contributed by atoms with Crippen LogP contribution in [0.2, 0.25) is 0 Å². The van der Waals surface area contributed by atoms with Crippen LogP contribution in [0.25, 0.3) is 0 Å². The molecular weight excluding hydrogens is 499 g/mol. The Morgan fingerprint density at radius 3 is 2.41 bits per heavy atom. The van der Waals surface area contributed by atoms with Gasteiger partial charge in [-0.25, -0.2) is 13.6 Å². The molecule has 0 heterocycles. The van der Waals surface area contributed by atoms with Crippen molar-refractivity contribution in [1.29, 1.82) is 0 Å². The lowest BCUT2D eigenvalue weighted by Crippen LogP contribution is -2.38. The summed E-state index contributed by atoms with van der Waals surface area (Å²) in [6.45, 7) is 8.48. The molecule has 0 aliphatic carbocycles. The fourth-order valence-electron chi connectivity index (χ4n) is 2.82. The topological polar surface area (TPSA) is 96.6 Å². The van der Waals surface area contributed by atoms with Gasteiger partial charge >= 0.3 is 0 Å². The molecule has 29 heavy (non-hydrogen) atoms. The highest BCUT2D eigenvalue weighted by molar-refractivity contribution is 14.0. The van der Waals surface area contributed by atoms with Crippen LogP contribution in [0.3, 0.4) is 0 Å². The average Bonchev–Trinajstić information content (AvgIpc) is 2.65. The van der Waals surface area contributed by atoms with E-state index in [2.05, 4.69) is 48.7 Å². The zero-order chi connectivity index (χ0) is 20.6. The third-order valence-corrected chi connectivity index (χ3v) is 5.37. The zero-order valence-corrected chi connectivity index (χ0v) is 20.3. The van der Waals surface area contributed by atoms with Gasteiger partial charge in [-0.05, 0) is 43.5 Å². The first-order valence-electron chi connectivity index (χ1n) is 9.50. The molecule has 0 saturated heterocycles. The molecule has 8 heteroatoms. The molecule has 6 nitrogen and oxygen atoms in total. The molecule has 4 N–H and O–H groups in total. The quantitative estimate of drug-likeness (QED) is 0.278. The third kappa shape index (κ3) is 8.71. The number of hydrogen-bond donors (Lipinski definition) is 3. The van der Waals surface area contributed by atoms with Gasteiger partial charge in [0, 0.05) is 25.6 Å². The number of nitrogens with one attached hydrogen (secondary N) is 2. The van der Waals surface area contributed by atoms with Gasteiger partial charge in [-0.15, -0.1) is 24.0 Å². The van der Waals surface area contributed by atoms with Gasteiger partial charge in [0.1, 0.15) is 0 Å². The maximum atomic E-state index is 11.3. The van der Waals surface area contributed by atoms with Gasteiger partial charge in [-0.2, -0.15) is 0 Å². The lowest BCUT2D eigenvalue weighted by Gasteiger charge is -2.14. The first kappa shape index (κ1) is 25.4. The van der Waals surface area contributed by atoms with Crippen LogP contribution in [-0.2, 0) is 16.4 Å². The highest BCUT2D eigenvalue weighted by Crippen LogP contribution is 2.16. The molecule has 0 aliphatic heterocycles. The maximum absolute atomic E-state index is 11.3. The lowest BCUT2D eigenvalue weighted by atomic mass is 10.00. The zero-order valence-electron chi connectivity index (χ0n) is 17.2. The van der Waals surface area contributed by atoms with Crippen LogP contribution < -0.4 is 15.8 Å². The number of benzene rings is 2. The minimum absolute atomic E-state index is 0. The second-order valence-electron chi connectivity index (χ2n) is 6.90. The maximum Gasteiger partial charge on any atom is 0.238 e. The lowest BCUT2D eigenvalue weighted by molar-refractivity contribution is 0.598. The number of aryl methyl sites for hydroxylation is 1. The smallest absolute Gasteiger partial charge is 0.238 e. The molecule has 0 amide bonds. The molecule has 0 fully saturated rings. The SMILES string of the molecule is CCNC(=NCC(C)c1cccc(C)c1)NCCc1ccc(S(N)(=O)=O)cc1.I. The molecular formula is C21H31IN4O2S. The number of nitrogens with two attached hydrogens (primary N) is 1. The molecule has 2 aromatic rings. The molecule has 0 aliphatic rings. The second kappa shape index (κ2) is 12.1. The van der Waals surface area contributed by atoms with E-state index in [-0.39, 0.29) is 28.9 Å². The van der Waals surface area contributed by atoms with E-state index in [4.69, 9.17) is 10.1 Å². The fraction of sp³-hybridized carbons (Fsp3) is 0.381. The summed E-state index contributed by atoms with van der Waals surface area (Å²) in [7, 11) is -3.65. The van der Waals surface area contributed by atoms with Crippen molar-refractivity contribution >= 4 is 40.0 Å². The van der Waals surface area contributed by atoms with Crippen molar-refractivity contribution in [3.05, 3.63) is 65.2 Å². The van der Waals surface area contributed by atoms with Crippen LogP contribution >= 0.6 is 24.0 Å². The van der Waals surface area contributed by atoms with Gasteiger partial charge in [0.25, 0.3) is 0 Å². The first-order valence-corrected chi connectivity index (χ1v) is 11.0. The molecule has 0 bridgehead atoms. The fourth-order valence-corrected chi connectivity index (χ4v) is 3.34. The van der Waals surface area contributed by atoms with Crippen LogP contribution in [0.1, 0.15) is 36.5 Å². The molecule has 2 rings (SSSR count). The summed E-state index contributed by atoms with van der Waals surface area (Å²) in [5, 5.41) is 11.7. The van der Waals surface area contributed by atoms with Gasteiger partial charge < -0.3 is 10.6 Å². The Hall–Kier alpha value is -1.65. The van der Waals surface area contributed by atoms with Gasteiger partial charge in [-0.3, -0.25) is 4.99 Å². The predicted molar refractivity (Wildman–Crippen MR) is 131 cm³/mol. The van der Waals surface area contributed by atoms with E-state index in [0.29, 0.717) is 19.0 Å². The number of hydrogen-bond acceptors (Lipinski definition) is 3.